The number of halogens is 3. The molecule has 0 bridgehead atoms. The Kier molecular flexibility index (Phi) is 7.29. The molecule has 2 rings (SSSR count). The summed E-state index contributed by atoms with van der Waals surface area (Å²) in [5.74, 6) is -2.72. The number of aryl methyl sites for hydroxylation is 1. The molecule has 0 aliphatic rings. The highest BCUT2D eigenvalue weighted by atomic mass is 79.9. The summed E-state index contributed by atoms with van der Waals surface area (Å²) in [4.78, 5) is 24.0. The zero-order valence-electron chi connectivity index (χ0n) is 14.8. The molecule has 2 N–H and O–H groups in total. The quantitative estimate of drug-likeness (QED) is 0.684. The Balaban J connectivity index is 1.78. The number of amides is 2. The zero-order chi connectivity index (χ0) is 20.0. The van der Waals surface area contributed by atoms with Crippen LogP contribution in [-0.4, -0.2) is 24.5 Å². The summed E-state index contributed by atoms with van der Waals surface area (Å²) >= 11 is 3.34. The van der Waals surface area contributed by atoms with Crippen LogP contribution in [0.3, 0.4) is 0 Å². The Hall–Kier alpha value is -2.48. The van der Waals surface area contributed by atoms with Gasteiger partial charge in [0.15, 0.2) is 17.7 Å². The average molecular weight is 441 g/mol. The van der Waals surface area contributed by atoms with Crippen LogP contribution in [0.1, 0.15) is 18.9 Å². The first-order valence-electron chi connectivity index (χ1n) is 8.21. The van der Waals surface area contributed by atoms with Crippen molar-refractivity contribution in [1.29, 1.82) is 0 Å². The predicted octanol–water partition coefficient (Wildman–Crippen LogP) is 3.95. The maximum atomic E-state index is 13.2. The molecule has 144 valence electrons. The SMILES string of the molecule is Cc1ccc(Br)cc1NC(=O)CCNC(=O)C(C)Oc1ccc(F)c(F)c1. The minimum absolute atomic E-state index is 0.0411. The lowest BCUT2D eigenvalue weighted by atomic mass is 10.2. The van der Waals surface area contributed by atoms with Crippen LogP contribution in [-0.2, 0) is 9.59 Å². The van der Waals surface area contributed by atoms with E-state index in [-0.39, 0.29) is 24.6 Å². The number of benzene rings is 2. The fraction of sp³-hybridized carbons (Fsp3) is 0.263. The van der Waals surface area contributed by atoms with E-state index in [1.54, 1.807) is 6.07 Å². The third-order valence-electron chi connectivity index (χ3n) is 3.70. The maximum absolute atomic E-state index is 13.2. The minimum Gasteiger partial charge on any atom is -0.481 e. The molecule has 0 saturated heterocycles. The maximum Gasteiger partial charge on any atom is 0.260 e. The topological polar surface area (TPSA) is 67.4 Å². The van der Waals surface area contributed by atoms with Gasteiger partial charge >= 0.3 is 0 Å². The zero-order valence-corrected chi connectivity index (χ0v) is 16.4. The summed E-state index contributed by atoms with van der Waals surface area (Å²) in [5.41, 5.74) is 1.61. The van der Waals surface area contributed by atoms with Gasteiger partial charge in [0, 0.05) is 29.2 Å². The van der Waals surface area contributed by atoms with Crippen LogP contribution in [0.5, 0.6) is 5.75 Å². The fourth-order valence-electron chi connectivity index (χ4n) is 2.19. The largest absolute Gasteiger partial charge is 0.481 e. The van der Waals surface area contributed by atoms with Gasteiger partial charge in [0.25, 0.3) is 5.91 Å². The molecule has 0 radical (unpaired) electrons. The number of rotatable bonds is 7. The molecular weight excluding hydrogens is 422 g/mol. The van der Waals surface area contributed by atoms with Crippen LogP contribution >= 0.6 is 15.9 Å². The molecule has 5 nitrogen and oxygen atoms in total. The highest BCUT2D eigenvalue weighted by Crippen LogP contribution is 2.20. The Morgan fingerprint density at radius 2 is 1.89 bits per heavy atom. The monoisotopic (exact) mass is 440 g/mol. The highest BCUT2D eigenvalue weighted by molar-refractivity contribution is 9.10. The molecule has 2 amide bonds. The normalized spacial score (nSPS) is 11.6. The van der Waals surface area contributed by atoms with Crippen molar-refractivity contribution >= 4 is 33.4 Å². The minimum atomic E-state index is -1.06. The highest BCUT2D eigenvalue weighted by Gasteiger charge is 2.16. The molecule has 0 aromatic heterocycles. The van der Waals surface area contributed by atoms with Crippen LogP contribution in [0.2, 0.25) is 0 Å². The number of hydrogen-bond donors (Lipinski definition) is 2. The molecule has 8 heteroatoms. The van der Waals surface area contributed by atoms with Crippen molar-refractivity contribution < 1.29 is 23.1 Å². The number of carbonyl (C=O) groups is 2. The van der Waals surface area contributed by atoms with E-state index in [1.807, 2.05) is 19.1 Å². The second-order valence-electron chi connectivity index (χ2n) is 5.88. The van der Waals surface area contributed by atoms with Crippen molar-refractivity contribution in [2.45, 2.75) is 26.4 Å². The smallest absolute Gasteiger partial charge is 0.260 e. The predicted molar refractivity (Wildman–Crippen MR) is 102 cm³/mol. The first-order chi connectivity index (χ1) is 12.8. The second-order valence-corrected chi connectivity index (χ2v) is 6.80. The van der Waals surface area contributed by atoms with E-state index in [9.17, 15) is 18.4 Å². The summed E-state index contributed by atoms with van der Waals surface area (Å²) in [7, 11) is 0. The molecule has 0 spiro atoms. The van der Waals surface area contributed by atoms with Gasteiger partial charge in [-0.3, -0.25) is 9.59 Å². The van der Waals surface area contributed by atoms with Crippen LogP contribution in [0, 0.1) is 18.6 Å². The average Bonchev–Trinajstić information content (AvgIpc) is 2.61. The van der Waals surface area contributed by atoms with Gasteiger partial charge in [-0.25, -0.2) is 8.78 Å². The molecule has 2 aromatic carbocycles. The molecule has 0 fully saturated rings. The van der Waals surface area contributed by atoms with E-state index in [0.29, 0.717) is 5.69 Å². The summed E-state index contributed by atoms with van der Waals surface area (Å²) in [5, 5.41) is 5.35. The standard InChI is InChI=1S/C19H19BrF2N2O3/c1-11-3-4-13(20)9-17(11)24-18(25)7-8-23-19(26)12(2)27-14-5-6-15(21)16(22)10-14/h3-6,9-10,12H,7-8H2,1-2H3,(H,23,26)(H,24,25). The lowest BCUT2D eigenvalue weighted by Crippen LogP contribution is -2.37. The van der Waals surface area contributed by atoms with Crippen molar-refractivity contribution in [1.82, 2.24) is 5.32 Å². The summed E-state index contributed by atoms with van der Waals surface area (Å²) in [6.07, 6.45) is -0.847. The Bertz CT molecular complexity index is 846. The lowest BCUT2D eigenvalue weighted by Gasteiger charge is -2.15. The van der Waals surface area contributed by atoms with Crippen molar-refractivity contribution in [3.8, 4) is 5.75 Å². The van der Waals surface area contributed by atoms with Gasteiger partial charge in [-0.2, -0.15) is 0 Å². The van der Waals surface area contributed by atoms with E-state index in [0.717, 1.165) is 22.2 Å². The number of ether oxygens (including phenoxy) is 1. The van der Waals surface area contributed by atoms with Crippen molar-refractivity contribution in [3.63, 3.8) is 0 Å². The molecule has 1 atom stereocenters. The van der Waals surface area contributed by atoms with Crippen LogP contribution in [0.15, 0.2) is 40.9 Å². The lowest BCUT2D eigenvalue weighted by molar-refractivity contribution is -0.127. The van der Waals surface area contributed by atoms with Crippen LogP contribution in [0.25, 0.3) is 0 Å². The van der Waals surface area contributed by atoms with Crippen LogP contribution in [0.4, 0.5) is 14.5 Å². The molecule has 0 aliphatic carbocycles. The summed E-state index contributed by atoms with van der Waals surface area (Å²) in [6.45, 7) is 3.46. The molecule has 27 heavy (non-hydrogen) atoms. The van der Waals surface area contributed by atoms with E-state index < -0.39 is 23.6 Å². The van der Waals surface area contributed by atoms with Gasteiger partial charge in [-0.05, 0) is 43.7 Å². The number of carbonyl (C=O) groups excluding carboxylic acids is 2. The third-order valence-corrected chi connectivity index (χ3v) is 4.19. The molecule has 0 heterocycles. The van der Waals surface area contributed by atoms with E-state index in [2.05, 4.69) is 26.6 Å². The molecule has 2 aromatic rings. The second kappa shape index (κ2) is 9.45. The molecule has 0 saturated carbocycles. The number of hydrogen-bond acceptors (Lipinski definition) is 3. The Morgan fingerprint density at radius 3 is 2.59 bits per heavy atom. The molecular formula is C19H19BrF2N2O3. The van der Waals surface area contributed by atoms with Crippen molar-refractivity contribution in [3.05, 3.63) is 58.1 Å². The molecule has 0 aliphatic heterocycles. The summed E-state index contributed by atoms with van der Waals surface area (Å²) in [6, 6.07) is 8.56. The fourth-order valence-corrected chi connectivity index (χ4v) is 2.55. The Morgan fingerprint density at radius 1 is 1.15 bits per heavy atom. The number of anilines is 1. The van der Waals surface area contributed by atoms with E-state index in [4.69, 9.17) is 4.74 Å². The van der Waals surface area contributed by atoms with Gasteiger partial charge in [-0.1, -0.05) is 22.0 Å². The van der Waals surface area contributed by atoms with Gasteiger partial charge in [0.05, 0.1) is 0 Å². The Labute approximate surface area is 164 Å². The van der Waals surface area contributed by atoms with Gasteiger partial charge in [0.2, 0.25) is 5.91 Å². The third kappa shape index (κ3) is 6.32. The van der Waals surface area contributed by atoms with Gasteiger partial charge in [-0.15, -0.1) is 0 Å². The summed E-state index contributed by atoms with van der Waals surface area (Å²) < 4.78 is 32.2. The van der Waals surface area contributed by atoms with E-state index >= 15 is 0 Å². The first-order valence-corrected chi connectivity index (χ1v) is 9.01. The van der Waals surface area contributed by atoms with Crippen LogP contribution < -0.4 is 15.4 Å². The number of nitrogens with one attached hydrogen (secondary N) is 2. The van der Waals surface area contributed by atoms with Gasteiger partial charge in [0.1, 0.15) is 5.75 Å². The first kappa shape index (κ1) is 20.8. The molecule has 1 unspecified atom stereocenters. The van der Waals surface area contributed by atoms with E-state index in [1.165, 1.54) is 13.0 Å². The van der Waals surface area contributed by atoms with Gasteiger partial charge < -0.3 is 15.4 Å². The van der Waals surface area contributed by atoms with Crippen molar-refractivity contribution in [2.75, 3.05) is 11.9 Å². The van der Waals surface area contributed by atoms with Crippen molar-refractivity contribution in [2.24, 2.45) is 0 Å².